The van der Waals surface area contributed by atoms with Gasteiger partial charge in [0.05, 0.1) is 13.0 Å². The van der Waals surface area contributed by atoms with Gasteiger partial charge in [-0.3, -0.25) is 4.79 Å². The van der Waals surface area contributed by atoms with Crippen molar-refractivity contribution in [2.45, 2.75) is 6.42 Å². The number of hydrogen-bond donors (Lipinski definition) is 2. The van der Waals surface area contributed by atoms with Crippen molar-refractivity contribution < 1.29 is 14.7 Å². The lowest BCUT2D eigenvalue weighted by Gasteiger charge is -1.97. The molecule has 0 aliphatic heterocycles. The first-order valence-corrected chi connectivity index (χ1v) is 2.83. The van der Waals surface area contributed by atoms with E-state index in [0.29, 0.717) is 0 Å². The Labute approximate surface area is 58.2 Å². The van der Waals surface area contributed by atoms with Crippen LogP contribution in [0.15, 0.2) is 0 Å². The highest BCUT2D eigenvalue weighted by atomic mass is 16.4. The quantitative estimate of drug-likeness (QED) is 0.499. The van der Waals surface area contributed by atoms with Crippen LogP contribution in [0.2, 0.25) is 0 Å². The molecule has 1 amide bonds. The van der Waals surface area contributed by atoms with E-state index in [9.17, 15) is 14.7 Å². The normalized spacial score (nSPS) is 8.90. The number of carbonyl (C=O) groups excluding carboxylic acids is 2. The largest absolute Gasteiger partial charge is 0.357 e. The van der Waals surface area contributed by atoms with Gasteiger partial charge in [0.15, 0.2) is 0 Å². The summed E-state index contributed by atoms with van der Waals surface area (Å²) in [4.78, 5) is 20.1. The van der Waals surface area contributed by atoms with Crippen molar-refractivity contribution >= 4 is 11.9 Å². The zero-order valence-electron chi connectivity index (χ0n) is 5.42. The topological polar surface area (TPSA) is 92.1 Å². The molecule has 5 heteroatoms. The van der Waals surface area contributed by atoms with Crippen molar-refractivity contribution in [1.82, 2.24) is 5.32 Å². The van der Waals surface area contributed by atoms with Gasteiger partial charge in [-0.25, -0.2) is 9.90 Å². The Morgan fingerprint density at radius 2 is 2.00 bits per heavy atom. The fourth-order valence-corrected chi connectivity index (χ4v) is 0.376. The molecule has 0 spiro atoms. The lowest BCUT2D eigenvalue weighted by atomic mass is 10.4. The average Bonchev–Trinajstić information content (AvgIpc) is 1.87. The van der Waals surface area contributed by atoms with Crippen LogP contribution in [-0.4, -0.2) is 25.0 Å². The number of rotatable bonds is 4. The molecule has 0 unspecified atom stereocenters. The second-order valence-electron chi connectivity index (χ2n) is 1.68. The van der Waals surface area contributed by atoms with Crippen LogP contribution in [0, 0.1) is 0 Å². The van der Waals surface area contributed by atoms with E-state index in [1.54, 1.807) is 0 Å². The van der Waals surface area contributed by atoms with Crippen molar-refractivity contribution in [2.75, 3.05) is 13.1 Å². The molecule has 0 aromatic rings. The van der Waals surface area contributed by atoms with Crippen molar-refractivity contribution in [3.63, 3.8) is 0 Å². The molecule has 1 radical (unpaired) electrons. The van der Waals surface area contributed by atoms with Gasteiger partial charge in [0.1, 0.15) is 0 Å². The van der Waals surface area contributed by atoms with Gasteiger partial charge < -0.3 is 11.1 Å². The lowest BCUT2D eigenvalue weighted by Crippen LogP contribution is -2.31. The van der Waals surface area contributed by atoms with Crippen molar-refractivity contribution in [1.29, 1.82) is 0 Å². The van der Waals surface area contributed by atoms with Crippen molar-refractivity contribution in [2.24, 2.45) is 5.73 Å². The maximum atomic E-state index is 10.3. The molecule has 10 heavy (non-hydrogen) atoms. The third kappa shape index (κ3) is 5.04. The van der Waals surface area contributed by atoms with Crippen LogP contribution in [-0.2, 0) is 14.7 Å². The minimum atomic E-state index is -1.18. The maximum absolute atomic E-state index is 10.3. The molecule has 0 aliphatic carbocycles. The number of carbonyl (C=O) groups is 2. The molecule has 0 aliphatic rings. The molecular weight excluding hydrogens is 136 g/mol. The molecule has 0 bridgehead atoms. The highest BCUT2D eigenvalue weighted by Gasteiger charge is 2.00. The Balaban J connectivity index is 3.20. The third-order valence-corrected chi connectivity index (χ3v) is 0.837. The maximum Gasteiger partial charge on any atom is 0.357 e. The van der Waals surface area contributed by atoms with E-state index in [4.69, 9.17) is 5.73 Å². The summed E-state index contributed by atoms with van der Waals surface area (Å²) < 4.78 is 0. The molecule has 57 valence electrons. The third-order valence-electron chi connectivity index (χ3n) is 0.837. The van der Waals surface area contributed by atoms with Crippen LogP contribution in [0.25, 0.3) is 0 Å². The predicted molar refractivity (Wildman–Crippen MR) is 32.4 cm³/mol. The van der Waals surface area contributed by atoms with Gasteiger partial charge in [-0.2, -0.15) is 0 Å². The van der Waals surface area contributed by atoms with Gasteiger partial charge in [-0.15, -0.1) is 0 Å². The Bertz CT molecular complexity index is 135. The SMILES string of the molecule is NCC(=O)NCCC([O])=O. The summed E-state index contributed by atoms with van der Waals surface area (Å²) in [6.45, 7) is -0.0363. The average molecular weight is 145 g/mol. The first-order chi connectivity index (χ1) is 4.66. The fraction of sp³-hybridized carbons (Fsp3) is 0.600. The van der Waals surface area contributed by atoms with E-state index in [1.165, 1.54) is 0 Å². The fourth-order valence-electron chi connectivity index (χ4n) is 0.376. The molecule has 0 fully saturated rings. The van der Waals surface area contributed by atoms with E-state index in [1.807, 2.05) is 0 Å². The monoisotopic (exact) mass is 145 g/mol. The molecular formula is C5H9N2O3. The van der Waals surface area contributed by atoms with Crippen LogP contribution >= 0.6 is 0 Å². The summed E-state index contributed by atoms with van der Waals surface area (Å²) in [6.07, 6.45) is -0.175. The van der Waals surface area contributed by atoms with Crippen LogP contribution < -0.4 is 11.1 Å². The minimum Gasteiger partial charge on any atom is -0.354 e. The van der Waals surface area contributed by atoms with E-state index in [-0.39, 0.29) is 25.4 Å². The Morgan fingerprint density at radius 3 is 2.40 bits per heavy atom. The standard InChI is InChI=1S/C5H9N2O3/c6-3-4(8)7-2-1-5(9)10/h1-3,6H2,(H,7,8). The zero-order chi connectivity index (χ0) is 7.98. The smallest absolute Gasteiger partial charge is 0.354 e. The second kappa shape index (κ2) is 4.75. The lowest BCUT2D eigenvalue weighted by molar-refractivity contribution is -0.142. The van der Waals surface area contributed by atoms with E-state index >= 15 is 0 Å². The van der Waals surface area contributed by atoms with Crippen LogP contribution in [0.4, 0.5) is 0 Å². The molecule has 0 atom stereocenters. The summed E-state index contributed by atoms with van der Waals surface area (Å²) >= 11 is 0. The predicted octanol–water partition coefficient (Wildman–Crippen LogP) is -1.59. The minimum absolute atomic E-state index is 0.0817. The first kappa shape index (κ1) is 8.90. The number of nitrogens with two attached hydrogens (primary N) is 1. The summed E-state index contributed by atoms with van der Waals surface area (Å²) in [6, 6.07) is 0. The number of nitrogens with one attached hydrogen (secondary N) is 1. The molecule has 0 saturated carbocycles. The molecule has 0 saturated heterocycles. The molecule has 0 aromatic carbocycles. The zero-order valence-corrected chi connectivity index (χ0v) is 5.42. The number of hydrogen-bond acceptors (Lipinski definition) is 3. The van der Waals surface area contributed by atoms with Gasteiger partial charge in [0, 0.05) is 6.54 Å². The molecule has 3 N–H and O–H groups in total. The Hall–Kier alpha value is -1.10. The van der Waals surface area contributed by atoms with Crippen molar-refractivity contribution in [3.05, 3.63) is 0 Å². The highest BCUT2D eigenvalue weighted by Crippen LogP contribution is 1.74. The summed E-state index contributed by atoms with van der Waals surface area (Å²) in [5.74, 6) is -1.54. The van der Waals surface area contributed by atoms with Crippen LogP contribution in [0.5, 0.6) is 0 Å². The van der Waals surface area contributed by atoms with Crippen molar-refractivity contribution in [3.8, 4) is 0 Å². The van der Waals surface area contributed by atoms with Gasteiger partial charge >= 0.3 is 5.97 Å². The molecule has 0 aromatic heterocycles. The van der Waals surface area contributed by atoms with Gasteiger partial charge in [-0.05, 0) is 0 Å². The van der Waals surface area contributed by atoms with Gasteiger partial charge in [-0.1, -0.05) is 0 Å². The van der Waals surface area contributed by atoms with E-state index < -0.39 is 5.97 Å². The first-order valence-electron chi connectivity index (χ1n) is 2.83. The van der Waals surface area contributed by atoms with E-state index in [0.717, 1.165) is 0 Å². The van der Waals surface area contributed by atoms with Crippen LogP contribution in [0.1, 0.15) is 6.42 Å². The van der Waals surface area contributed by atoms with E-state index in [2.05, 4.69) is 5.32 Å². The highest BCUT2D eigenvalue weighted by molar-refractivity contribution is 5.78. The van der Waals surface area contributed by atoms with Gasteiger partial charge in [0.2, 0.25) is 5.91 Å². The molecule has 0 heterocycles. The summed E-state index contributed by atoms with van der Waals surface area (Å²) in [5.41, 5.74) is 4.91. The summed E-state index contributed by atoms with van der Waals surface area (Å²) in [7, 11) is 0. The Morgan fingerprint density at radius 1 is 1.40 bits per heavy atom. The second-order valence-corrected chi connectivity index (χ2v) is 1.68. The Kier molecular flexibility index (Phi) is 4.23. The summed E-state index contributed by atoms with van der Waals surface area (Å²) in [5, 5.41) is 12.1. The van der Waals surface area contributed by atoms with Gasteiger partial charge in [0.25, 0.3) is 0 Å². The number of amides is 1. The van der Waals surface area contributed by atoms with Crippen LogP contribution in [0.3, 0.4) is 0 Å². The molecule has 0 rings (SSSR count). The molecule has 5 nitrogen and oxygen atoms in total.